The van der Waals surface area contributed by atoms with Gasteiger partial charge in [0.1, 0.15) is 0 Å². The molecule has 2 aliphatic carbocycles. The maximum atomic E-state index is 2.45. The molecule has 6 aromatic carbocycles. The van der Waals surface area contributed by atoms with Gasteiger partial charge in [-0.25, -0.2) is 0 Å². The van der Waals surface area contributed by atoms with E-state index in [2.05, 4.69) is 193 Å². The van der Waals surface area contributed by atoms with E-state index >= 15 is 0 Å². The van der Waals surface area contributed by atoms with Gasteiger partial charge in [-0.15, -0.1) is 69.1 Å². The number of halogens is 2. The summed E-state index contributed by atoms with van der Waals surface area (Å²) in [5, 5.41) is 5.62. The van der Waals surface area contributed by atoms with Crippen LogP contribution in [0.5, 0.6) is 0 Å². The molecule has 2 saturated carbocycles. The summed E-state index contributed by atoms with van der Waals surface area (Å²) in [4.78, 5) is 0. The molecule has 2 radical (unpaired) electrons. The van der Waals surface area contributed by atoms with Gasteiger partial charge < -0.3 is 24.8 Å². The molecule has 58 heavy (non-hydrogen) atoms. The normalized spacial score (nSPS) is 14.3. The average molecular weight is 907 g/mol. The Hall–Kier alpha value is -2.22. The molecule has 4 heteroatoms. The van der Waals surface area contributed by atoms with Crippen LogP contribution in [0.25, 0.3) is 43.8 Å². The summed E-state index contributed by atoms with van der Waals surface area (Å²) in [6.45, 7) is 32.1. The predicted molar refractivity (Wildman–Crippen MR) is 246 cm³/mol. The minimum absolute atomic E-state index is 0. The summed E-state index contributed by atoms with van der Waals surface area (Å²) >= 11 is 0. The van der Waals surface area contributed by atoms with E-state index in [0.29, 0.717) is 0 Å². The summed E-state index contributed by atoms with van der Waals surface area (Å²) in [7, 11) is 1.08. The first-order chi connectivity index (χ1) is 25.7. The van der Waals surface area contributed by atoms with Crippen molar-refractivity contribution in [2.45, 2.75) is 155 Å². The molecule has 6 aromatic rings. The molecule has 8 rings (SSSR count). The molecular weight excluding hydrogens is 839 g/mol. The van der Waals surface area contributed by atoms with E-state index < -0.39 is 0 Å². The minimum Gasteiger partial charge on any atom is -1.00 e. The molecule has 0 saturated heterocycles. The van der Waals surface area contributed by atoms with E-state index in [4.69, 9.17) is 0 Å². The number of hydrogen-bond donors (Lipinski definition) is 0. The fourth-order valence-corrected chi connectivity index (χ4v) is 7.62. The van der Waals surface area contributed by atoms with Crippen LogP contribution in [0.4, 0.5) is 0 Å². The summed E-state index contributed by atoms with van der Waals surface area (Å²) in [5.41, 5.74) is 14.8. The van der Waals surface area contributed by atoms with Crippen LogP contribution in [0.1, 0.15) is 154 Å². The zero-order valence-corrected chi connectivity index (χ0v) is 42.9. The Labute approximate surface area is 387 Å². The smallest absolute Gasteiger partial charge is 1.00 e. The van der Waals surface area contributed by atoms with Crippen molar-refractivity contribution in [2.24, 2.45) is 0 Å². The first kappa shape index (κ1) is 50.1. The largest absolute Gasteiger partial charge is 4.00 e. The number of fused-ring (bicyclic) bond motifs is 2. The van der Waals surface area contributed by atoms with Crippen molar-refractivity contribution in [3.63, 3.8) is 0 Å². The molecule has 0 heterocycles. The monoisotopic (exact) mass is 904 g/mol. The molecular formula is C54H68Cl2SiZr. The Bertz CT molecular complexity index is 2040. The molecule has 0 unspecified atom stereocenters. The van der Waals surface area contributed by atoms with Gasteiger partial charge in [0.05, 0.1) is 0 Å². The van der Waals surface area contributed by atoms with Gasteiger partial charge in [0.25, 0.3) is 0 Å². The Morgan fingerprint density at radius 2 is 0.724 bits per heavy atom. The second-order valence-electron chi connectivity index (χ2n) is 20.8. The van der Waals surface area contributed by atoms with Crippen LogP contribution in [-0.2, 0) is 47.9 Å². The van der Waals surface area contributed by atoms with Crippen LogP contribution >= 0.6 is 0 Å². The molecule has 2 aliphatic rings. The van der Waals surface area contributed by atoms with Gasteiger partial charge in [-0.2, -0.15) is 12.1 Å². The summed E-state index contributed by atoms with van der Waals surface area (Å²) in [5.74, 6) is 1.61. The van der Waals surface area contributed by atoms with Gasteiger partial charge in [0.2, 0.25) is 0 Å². The molecule has 0 spiro atoms. The molecule has 0 bridgehead atoms. The Kier molecular flexibility index (Phi) is 16.6. The summed E-state index contributed by atoms with van der Waals surface area (Å²) < 4.78 is 0. The van der Waals surface area contributed by atoms with Crippen molar-refractivity contribution >= 4 is 31.1 Å². The van der Waals surface area contributed by atoms with E-state index in [1.165, 1.54) is 103 Å². The van der Waals surface area contributed by atoms with E-state index in [9.17, 15) is 0 Å². The first-order valence-electron chi connectivity index (χ1n) is 21.0. The summed E-state index contributed by atoms with van der Waals surface area (Å²) in [6, 6.07) is 37.7. The van der Waals surface area contributed by atoms with E-state index in [0.717, 1.165) is 21.4 Å². The van der Waals surface area contributed by atoms with Crippen molar-refractivity contribution in [2.75, 3.05) is 0 Å². The van der Waals surface area contributed by atoms with E-state index in [1.54, 1.807) is 0 Å². The van der Waals surface area contributed by atoms with Crippen LogP contribution < -0.4 is 24.8 Å². The van der Waals surface area contributed by atoms with Crippen LogP contribution in [0.3, 0.4) is 0 Å². The second kappa shape index (κ2) is 19.2. The number of rotatable bonds is 4. The second-order valence-corrected chi connectivity index (χ2v) is 21.8. The third kappa shape index (κ3) is 12.0. The summed E-state index contributed by atoms with van der Waals surface area (Å²) in [6.07, 6.45) is 5.44. The molecule has 0 nitrogen and oxygen atoms in total. The van der Waals surface area contributed by atoms with Crippen LogP contribution in [0.15, 0.2) is 97.1 Å². The Morgan fingerprint density at radius 1 is 0.448 bits per heavy atom. The first-order valence-corrected chi connectivity index (χ1v) is 23.0. The molecule has 306 valence electrons. The molecule has 0 aliphatic heterocycles. The maximum absolute atomic E-state index is 2.45. The van der Waals surface area contributed by atoms with E-state index in [-0.39, 0.29) is 72.7 Å². The minimum atomic E-state index is 0. The fraction of sp³-hybridized carbons (Fsp3) is 0.444. The van der Waals surface area contributed by atoms with Crippen molar-refractivity contribution in [1.82, 2.24) is 0 Å². The molecule has 2 fully saturated rings. The third-order valence-electron chi connectivity index (χ3n) is 11.6. The predicted octanol–water partition coefficient (Wildman–Crippen LogP) is 10.2. The van der Waals surface area contributed by atoms with Gasteiger partial charge in [0.15, 0.2) is 0 Å². The van der Waals surface area contributed by atoms with Gasteiger partial charge >= 0.3 is 26.2 Å². The van der Waals surface area contributed by atoms with Crippen LogP contribution in [-0.4, -0.2) is 9.52 Å². The molecule has 0 aromatic heterocycles. The SMILES string of the molecule is CC(C)(C)c1cc(-c2cccc3[cH-]c(C4CC4)cc23)cc(C(C)(C)C)c1.CC(C)(C)c1cc(-c2cccc3[cH-]c(C4CC4)cc23)cc(C(C)(C)C)c1.C[Si]C.[Cl-].[Cl-].[Zr+4]. The average Bonchev–Trinajstić information content (AvgIpc) is 4.04. The van der Waals surface area contributed by atoms with Gasteiger partial charge in [-0.1, -0.05) is 156 Å². The standard InChI is InChI=1S/2C26H31.C2H6Si.2ClH.Zr/c2*1-25(2,3)21-13-20(14-22(16-21)26(4,5)6)23-9-7-8-18-12-19(15-24(18)23)17-10-11-17;1-3-2;;;/h2*7-9,12-17H,10-11H2,1-6H3;1-2H3;2*1H;/q2*-1;;;;+4/p-2. The molecule has 0 atom stereocenters. The quantitative estimate of drug-likeness (QED) is 0.122. The van der Waals surface area contributed by atoms with Crippen molar-refractivity contribution in [1.29, 1.82) is 0 Å². The van der Waals surface area contributed by atoms with Crippen LogP contribution in [0.2, 0.25) is 13.1 Å². The van der Waals surface area contributed by atoms with Crippen molar-refractivity contribution in [3.8, 4) is 22.3 Å². The topological polar surface area (TPSA) is 0 Å². The van der Waals surface area contributed by atoms with Gasteiger partial charge in [0, 0.05) is 9.52 Å². The van der Waals surface area contributed by atoms with Gasteiger partial charge in [-0.3, -0.25) is 0 Å². The maximum Gasteiger partial charge on any atom is 4.00 e. The zero-order valence-electron chi connectivity index (χ0n) is 38.0. The third-order valence-corrected chi connectivity index (χ3v) is 11.6. The fourth-order valence-electron chi connectivity index (χ4n) is 7.62. The van der Waals surface area contributed by atoms with Gasteiger partial charge in [-0.05, 0) is 92.6 Å². The van der Waals surface area contributed by atoms with Crippen molar-refractivity contribution < 1.29 is 51.0 Å². The Morgan fingerprint density at radius 3 is 0.966 bits per heavy atom. The van der Waals surface area contributed by atoms with Crippen molar-refractivity contribution in [3.05, 3.63) is 130 Å². The number of hydrogen-bond acceptors (Lipinski definition) is 0. The molecule has 0 N–H and O–H groups in total. The Balaban J connectivity index is 0.000000277. The number of benzene rings is 4. The molecule has 0 amide bonds. The van der Waals surface area contributed by atoms with E-state index in [1.807, 2.05) is 0 Å². The van der Waals surface area contributed by atoms with Crippen LogP contribution in [0, 0.1) is 0 Å². The zero-order chi connectivity index (χ0) is 40.1.